The van der Waals surface area contributed by atoms with Gasteiger partial charge >= 0.3 is 12.0 Å². The highest BCUT2D eigenvalue weighted by molar-refractivity contribution is 7.89. The van der Waals surface area contributed by atoms with E-state index in [1.165, 1.54) is 24.3 Å². The van der Waals surface area contributed by atoms with E-state index in [4.69, 9.17) is 4.74 Å². The number of benzene rings is 1. The van der Waals surface area contributed by atoms with E-state index in [-0.39, 0.29) is 33.9 Å². The molecule has 10 heteroatoms. The lowest BCUT2D eigenvalue weighted by Crippen LogP contribution is -2.38. The molecule has 174 valence electrons. The first-order chi connectivity index (χ1) is 14.9. The van der Waals surface area contributed by atoms with Crippen LogP contribution in [0.5, 0.6) is 0 Å². The third kappa shape index (κ3) is 4.25. The van der Waals surface area contributed by atoms with Gasteiger partial charge in [-0.2, -0.15) is 4.31 Å². The number of esters is 1. The van der Waals surface area contributed by atoms with E-state index in [1.54, 1.807) is 4.31 Å². The molecule has 9 nitrogen and oxygen atoms in total. The number of fused-ring (bicyclic) bond motifs is 2. The van der Waals surface area contributed by atoms with Crippen LogP contribution in [0.25, 0.3) is 0 Å². The van der Waals surface area contributed by atoms with Gasteiger partial charge in [-0.05, 0) is 48.3 Å². The number of carbonyl (C=O) groups excluding carboxylic acids is 3. The third-order valence-corrected chi connectivity index (χ3v) is 8.42. The van der Waals surface area contributed by atoms with Crippen molar-refractivity contribution in [3.05, 3.63) is 29.8 Å². The number of carbonyl (C=O) groups is 3. The summed E-state index contributed by atoms with van der Waals surface area (Å²) in [6.07, 6.45) is 2.61. The minimum atomic E-state index is -3.79. The number of nitrogens with zero attached hydrogens (tertiary/aromatic N) is 2. The van der Waals surface area contributed by atoms with Gasteiger partial charge < -0.3 is 10.1 Å². The molecule has 2 unspecified atom stereocenters. The lowest BCUT2D eigenvalue weighted by atomic mass is 9.65. The highest BCUT2D eigenvalue weighted by Crippen LogP contribution is 2.53. The molecule has 1 aromatic carbocycles. The molecule has 32 heavy (non-hydrogen) atoms. The topological polar surface area (TPSA) is 113 Å². The van der Waals surface area contributed by atoms with E-state index in [0.717, 1.165) is 24.2 Å². The molecule has 3 fully saturated rings. The Labute approximate surface area is 188 Å². The van der Waals surface area contributed by atoms with Gasteiger partial charge in [0.25, 0.3) is 5.91 Å². The SMILES string of the molecule is CC1(C)CC2CC(C)(CN2S(=O)(=O)c2cccc(C(=O)OCC(=O)N3CCNC3=O)c2)C1. The lowest BCUT2D eigenvalue weighted by Gasteiger charge is -2.39. The van der Waals surface area contributed by atoms with Gasteiger partial charge in [0.2, 0.25) is 10.0 Å². The van der Waals surface area contributed by atoms with Crippen LogP contribution < -0.4 is 5.32 Å². The second-order valence-electron chi connectivity index (χ2n) is 10.1. The molecule has 3 aliphatic rings. The molecule has 1 aromatic rings. The summed E-state index contributed by atoms with van der Waals surface area (Å²) in [5.74, 6) is -1.44. The van der Waals surface area contributed by atoms with Crippen molar-refractivity contribution >= 4 is 27.9 Å². The average Bonchev–Trinajstić information content (AvgIpc) is 3.25. The van der Waals surface area contributed by atoms with Crippen LogP contribution in [0, 0.1) is 10.8 Å². The number of amides is 3. The van der Waals surface area contributed by atoms with E-state index in [9.17, 15) is 22.8 Å². The van der Waals surface area contributed by atoms with Crippen LogP contribution in [-0.4, -0.2) is 67.8 Å². The molecule has 3 amide bonds. The number of hydrogen-bond acceptors (Lipinski definition) is 6. The molecule has 0 radical (unpaired) electrons. The van der Waals surface area contributed by atoms with Crippen LogP contribution in [-0.2, 0) is 19.6 Å². The second-order valence-corrected chi connectivity index (χ2v) is 12.0. The average molecular weight is 464 g/mol. The first-order valence-electron chi connectivity index (χ1n) is 10.8. The summed E-state index contributed by atoms with van der Waals surface area (Å²) in [6, 6.07) is 5.12. The standard InChI is InChI=1S/C22H29N3O6S/c1-21(2)10-16-11-22(3,13-21)14-25(16)32(29,30)17-6-4-5-15(9-17)19(27)31-12-18(26)24-8-7-23-20(24)28/h4-6,9,16H,7-8,10-14H2,1-3H3,(H,23,28). The number of nitrogens with one attached hydrogen (secondary N) is 1. The maximum Gasteiger partial charge on any atom is 0.338 e. The summed E-state index contributed by atoms with van der Waals surface area (Å²) in [5.41, 5.74) is 0.0587. The van der Waals surface area contributed by atoms with Crippen LogP contribution in [0.4, 0.5) is 4.79 Å². The van der Waals surface area contributed by atoms with Crippen molar-refractivity contribution in [2.75, 3.05) is 26.2 Å². The highest BCUT2D eigenvalue weighted by atomic mass is 32.2. The molecule has 2 heterocycles. The molecule has 1 saturated carbocycles. The Hall–Kier alpha value is -2.46. The second kappa shape index (κ2) is 7.84. The van der Waals surface area contributed by atoms with E-state index in [1.807, 2.05) is 0 Å². The summed E-state index contributed by atoms with van der Waals surface area (Å²) >= 11 is 0. The number of sulfonamides is 1. The van der Waals surface area contributed by atoms with Crippen molar-refractivity contribution in [1.29, 1.82) is 0 Å². The maximum absolute atomic E-state index is 13.4. The summed E-state index contributed by atoms with van der Waals surface area (Å²) in [7, 11) is -3.79. The van der Waals surface area contributed by atoms with E-state index >= 15 is 0 Å². The van der Waals surface area contributed by atoms with Crippen molar-refractivity contribution in [2.24, 2.45) is 10.8 Å². The van der Waals surface area contributed by atoms with E-state index in [2.05, 4.69) is 26.1 Å². The highest BCUT2D eigenvalue weighted by Gasteiger charge is 2.53. The van der Waals surface area contributed by atoms with Gasteiger partial charge in [-0.25, -0.2) is 18.0 Å². The van der Waals surface area contributed by atoms with Gasteiger partial charge in [-0.1, -0.05) is 26.8 Å². The normalized spacial score (nSPS) is 27.3. The van der Waals surface area contributed by atoms with Crippen LogP contribution in [0.1, 0.15) is 50.4 Å². The quantitative estimate of drug-likeness (QED) is 0.668. The van der Waals surface area contributed by atoms with Crippen LogP contribution in [0.15, 0.2) is 29.2 Å². The van der Waals surface area contributed by atoms with Gasteiger partial charge in [-0.3, -0.25) is 9.69 Å². The zero-order chi connectivity index (χ0) is 23.3. The Morgan fingerprint density at radius 1 is 1.22 bits per heavy atom. The Bertz CT molecular complexity index is 1070. The number of rotatable bonds is 5. The Kier molecular flexibility index (Phi) is 5.57. The molecule has 1 N–H and O–H groups in total. The molecule has 2 atom stereocenters. The zero-order valence-corrected chi connectivity index (χ0v) is 19.4. The van der Waals surface area contributed by atoms with Gasteiger partial charge in [0, 0.05) is 25.7 Å². The van der Waals surface area contributed by atoms with Crippen molar-refractivity contribution in [3.63, 3.8) is 0 Å². The van der Waals surface area contributed by atoms with E-state index in [0.29, 0.717) is 13.1 Å². The molecule has 4 rings (SSSR count). The van der Waals surface area contributed by atoms with E-state index < -0.39 is 34.5 Å². The molecule has 2 bridgehead atoms. The molecule has 0 aromatic heterocycles. The number of urea groups is 1. The fourth-order valence-corrected chi connectivity index (χ4v) is 7.43. The summed E-state index contributed by atoms with van der Waals surface area (Å²) in [6.45, 7) is 6.94. The summed E-state index contributed by atoms with van der Waals surface area (Å²) < 4.78 is 33.5. The van der Waals surface area contributed by atoms with Crippen molar-refractivity contribution in [2.45, 2.75) is 51.0 Å². The fraction of sp³-hybridized carbons (Fsp3) is 0.591. The van der Waals surface area contributed by atoms with Crippen molar-refractivity contribution in [1.82, 2.24) is 14.5 Å². The zero-order valence-electron chi connectivity index (χ0n) is 18.6. The predicted molar refractivity (Wildman–Crippen MR) is 115 cm³/mol. The van der Waals surface area contributed by atoms with Gasteiger partial charge in [0.15, 0.2) is 6.61 Å². The number of imide groups is 1. The van der Waals surface area contributed by atoms with Gasteiger partial charge in [0.05, 0.1) is 10.5 Å². The van der Waals surface area contributed by atoms with Crippen molar-refractivity contribution < 1.29 is 27.5 Å². The monoisotopic (exact) mass is 463 g/mol. The van der Waals surface area contributed by atoms with Crippen LogP contribution >= 0.6 is 0 Å². The fourth-order valence-electron chi connectivity index (χ4n) is 5.61. The minimum absolute atomic E-state index is 0.0335. The third-order valence-electron chi connectivity index (χ3n) is 6.53. The van der Waals surface area contributed by atoms with Gasteiger partial charge in [-0.15, -0.1) is 0 Å². The Morgan fingerprint density at radius 2 is 1.97 bits per heavy atom. The smallest absolute Gasteiger partial charge is 0.338 e. The van der Waals surface area contributed by atoms with Crippen molar-refractivity contribution in [3.8, 4) is 0 Å². The minimum Gasteiger partial charge on any atom is -0.452 e. The number of ether oxygens (including phenoxy) is 1. The molecular formula is C22H29N3O6S. The van der Waals surface area contributed by atoms with Crippen LogP contribution in [0.3, 0.4) is 0 Å². The first-order valence-corrected chi connectivity index (χ1v) is 12.2. The Morgan fingerprint density at radius 3 is 2.66 bits per heavy atom. The molecule has 2 saturated heterocycles. The lowest BCUT2D eigenvalue weighted by molar-refractivity contribution is -0.130. The summed E-state index contributed by atoms with van der Waals surface area (Å²) in [4.78, 5) is 37.1. The predicted octanol–water partition coefficient (Wildman–Crippen LogP) is 1.98. The largest absolute Gasteiger partial charge is 0.452 e. The molecule has 2 aliphatic heterocycles. The molecule has 1 aliphatic carbocycles. The van der Waals surface area contributed by atoms with Crippen LogP contribution in [0.2, 0.25) is 0 Å². The Balaban J connectivity index is 1.48. The first kappa shape index (κ1) is 22.7. The van der Waals surface area contributed by atoms with Gasteiger partial charge in [0.1, 0.15) is 0 Å². The number of hydrogen-bond donors (Lipinski definition) is 1. The summed E-state index contributed by atoms with van der Waals surface area (Å²) in [5, 5.41) is 2.50. The molecular weight excluding hydrogens is 434 g/mol. The molecule has 0 spiro atoms. The maximum atomic E-state index is 13.4.